The lowest BCUT2D eigenvalue weighted by molar-refractivity contribution is -0.147. The van der Waals surface area contributed by atoms with E-state index in [4.69, 9.17) is 5.11 Å². The molecular weight excluding hydrogens is 272 g/mol. The van der Waals surface area contributed by atoms with Gasteiger partial charge in [0, 0.05) is 18.3 Å². The van der Waals surface area contributed by atoms with E-state index < -0.39 is 17.3 Å². The summed E-state index contributed by atoms with van der Waals surface area (Å²) in [6.07, 6.45) is 2.36. The Morgan fingerprint density at radius 3 is 2.71 bits per heavy atom. The van der Waals surface area contributed by atoms with E-state index >= 15 is 0 Å². The second-order valence-corrected chi connectivity index (χ2v) is 5.19. The Bertz CT molecular complexity index is 719. The molecule has 0 atom stereocenters. The summed E-state index contributed by atoms with van der Waals surface area (Å²) in [5.41, 5.74) is 0.0989. The molecule has 7 heteroatoms. The highest BCUT2D eigenvalue weighted by molar-refractivity contribution is 6.10. The number of aliphatic carboxylic acids is 1. The van der Waals surface area contributed by atoms with Crippen LogP contribution in [-0.4, -0.2) is 31.7 Å². The summed E-state index contributed by atoms with van der Waals surface area (Å²) in [5.74, 6) is -0.861. The number of hydrogen-bond acceptors (Lipinski definition) is 4. The van der Waals surface area contributed by atoms with Crippen LogP contribution in [0.3, 0.4) is 0 Å². The van der Waals surface area contributed by atoms with Crippen molar-refractivity contribution in [3.05, 3.63) is 30.6 Å². The van der Waals surface area contributed by atoms with Gasteiger partial charge in [0.05, 0.1) is 0 Å². The molecule has 0 bridgehead atoms. The van der Waals surface area contributed by atoms with Gasteiger partial charge >= 0.3 is 5.97 Å². The molecule has 1 aliphatic carbocycles. The van der Waals surface area contributed by atoms with E-state index in [0.29, 0.717) is 24.4 Å². The molecule has 1 aromatic carbocycles. The summed E-state index contributed by atoms with van der Waals surface area (Å²) in [5, 5.41) is 19.6. The lowest BCUT2D eigenvalue weighted by Gasteiger charge is -2.11. The highest BCUT2D eigenvalue weighted by Crippen LogP contribution is 2.46. The highest BCUT2D eigenvalue weighted by atomic mass is 16.4. The van der Waals surface area contributed by atoms with Gasteiger partial charge in [-0.1, -0.05) is 12.1 Å². The molecular formula is C14H14N4O3. The number of nitrogens with one attached hydrogen (secondary N) is 1. The Morgan fingerprint density at radius 1 is 1.38 bits per heavy atom. The van der Waals surface area contributed by atoms with Crippen molar-refractivity contribution in [1.82, 2.24) is 14.8 Å². The van der Waals surface area contributed by atoms with Gasteiger partial charge in [0.15, 0.2) is 5.82 Å². The molecule has 1 saturated carbocycles. The van der Waals surface area contributed by atoms with Crippen LogP contribution in [0.4, 0.5) is 5.69 Å². The number of carboxylic acids is 1. The molecule has 2 N–H and O–H groups in total. The molecule has 0 saturated heterocycles. The number of aromatic nitrogens is 3. The maximum absolute atomic E-state index is 12.1. The molecule has 3 rings (SSSR count). The number of nitrogens with zero attached hydrogens (tertiary/aromatic N) is 3. The first-order chi connectivity index (χ1) is 10.0. The topological polar surface area (TPSA) is 97.1 Å². The predicted molar refractivity (Wildman–Crippen MR) is 74.4 cm³/mol. The Morgan fingerprint density at radius 2 is 2.14 bits per heavy atom. The van der Waals surface area contributed by atoms with Crippen LogP contribution in [0.5, 0.6) is 0 Å². The van der Waals surface area contributed by atoms with Crippen molar-refractivity contribution in [3.8, 4) is 11.4 Å². The van der Waals surface area contributed by atoms with Gasteiger partial charge in [-0.3, -0.25) is 9.59 Å². The number of anilines is 1. The summed E-state index contributed by atoms with van der Waals surface area (Å²) >= 11 is 0. The number of aryl methyl sites for hydroxylation is 1. The van der Waals surface area contributed by atoms with Crippen LogP contribution in [0.25, 0.3) is 11.4 Å². The Labute approximate surface area is 120 Å². The van der Waals surface area contributed by atoms with E-state index in [2.05, 4.69) is 15.5 Å². The van der Waals surface area contributed by atoms with E-state index in [1.165, 1.54) is 0 Å². The zero-order valence-electron chi connectivity index (χ0n) is 11.4. The van der Waals surface area contributed by atoms with Crippen LogP contribution >= 0.6 is 0 Å². The molecule has 0 radical (unpaired) electrons. The van der Waals surface area contributed by atoms with E-state index in [1.54, 1.807) is 29.1 Å². The van der Waals surface area contributed by atoms with Gasteiger partial charge in [-0.2, -0.15) is 0 Å². The van der Waals surface area contributed by atoms with Crippen molar-refractivity contribution < 1.29 is 14.7 Å². The smallest absolute Gasteiger partial charge is 0.319 e. The molecule has 1 fully saturated rings. The Kier molecular flexibility index (Phi) is 2.97. The first-order valence-electron chi connectivity index (χ1n) is 6.52. The summed E-state index contributed by atoms with van der Waals surface area (Å²) in [6.45, 7) is 0. The van der Waals surface area contributed by atoms with Crippen molar-refractivity contribution in [3.63, 3.8) is 0 Å². The highest BCUT2D eigenvalue weighted by Gasteiger charge is 2.57. The van der Waals surface area contributed by atoms with Gasteiger partial charge in [0.2, 0.25) is 5.91 Å². The number of carbonyl (C=O) groups is 2. The zero-order chi connectivity index (χ0) is 15.0. The molecule has 1 aliphatic rings. The first-order valence-corrected chi connectivity index (χ1v) is 6.52. The predicted octanol–water partition coefficient (Wildman–Crippen LogP) is 1.29. The maximum Gasteiger partial charge on any atom is 0.319 e. The molecule has 2 aromatic rings. The summed E-state index contributed by atoms with van der Waals surface area (Å²) in [4.78, 5) is 23.2. The molecule has 1 heterocycles. The number of amides is 1. The van der Waals surface area contributed by atoms with Gasteiger partial charge in [-0.15, -0.1) is 10.2 Å². The number of rotatable bonds is 4. The van der Waals surface area contributed by atoms with Crippen molar-refractivity contribution in [2.75, 3.05) is 5.32 Å². The molecule has 0 unspecified atom stereocenters. The minimum Gasteiger partial charge on any atom is -0.480 e. The van der Waals surface area contributed by atoms with E-state index in [9.17, 15) is 9.59 Å². The minimum atomic E-state index is -1.25. The van der Waals surface area contributed by atoms with Crippen LogP contribution in [0.1, 0.15) is 12.8 Å². The molecule has 21 heavy (non-hydrogen) atoms. The summed E-state index contributed by atoms with van der Waals surface area (Å²) < 4.78 is 1.76. The van der Waals surface area contributed by atoms with Crippen LogP contribution in [0.2, 0.25) is 0 Å². The number of carboxylic acid groups (broad SMARTS) is 1. The number of benzene rings is 1. The van der Waals surface area contributed by atoms with Gasteiger partial charge in [0.25, 0.3) is 0 Å². The molecule has 1 aromatic heterocycles. The third kappa shape index (κ3) is 2.26. The fraction of sp³-hybridized carbons (Fsp3) is 0.286. The lowest BCUT2D eigenvalue weighted by atomic mass is 10.1. The summed E-state index contributed by atoms with van der Waals surface area (Å²) in [6, 6.07) is 7.10. The lowest BCUT2D eigenvalue weighted by Crippen LogP contribution is -2.31. The van der Waals surface area contributed by atoms with E-state index in [-0.39, 0.29) is 0 Å². The normalized spacial score (nSPS) is 15.5. The first kappa shape index (κ1) is 13.3. The van der Waals surface area contributed by atoms with E-state index in [0.717, 1.165) is 5.56 Å². The molecule has 7 nitrogen and oxygen atoms in total. The molecule has 0 spiro atoms. The Balaban J connectivity index is 1.83. The van der Waals surface area contributed by atoms with Gasteiger partial charge in [-0.25, -0.2) is 0 Å². The monoisotopic (exact) mass is 286 g/mol. The van der Waals surface area contributed by atoms with Crippen LogP contribution in [-0.2, 0) is 16.6 Å². The van der Waals surface area contributed by atoms with Gasteiger partial charge in [-0.05, 0) is 25.0 Å². The average molecular weight is 286 g/mol. The molecule has 1 amide bonds. The van der Waals surface area contributed by atoms with E-state index in [1.807, 2.05) is 13.1 Å². The SMILES string of the molecule is Cn1cnnc1-c1cccc(NC(=O)C2(C(=O)O)CC2)c1. The average Bonchev–Trinajstić information content (AvgIpc) is 3.17. The fourth-order valence-electron chi connectivity index (χ4n) is 2.19. The fourth-order valence-corrected chi connectivity index (χ4v) is 2.19. The van der Waals surface area contributed by atoms with Crippen molar-refractivity contribution in [2.45, 2.75) is 12.8 Å². The van der Waals surface area contributed by atoms with Crippen LogP contribution < -0.4 is 5.32 Å². The van der Waals surface area contributed by atoms with Crippen LogP contribution in [0, 0.1) is 5.41 Å². The largest absolute Gasteiger partial charge is 0.480 e. The standard InChI is InChI=1S/C14H14N4O3/c1-18-8-15-17-11(18)9-3-2-4-10(7-9)16-12(19)14(5-6-14)13(20)21/h2-4,7-8H,5-6H2,1H3,(H,16,19)(H,20,21). The van der Waals surface area contributed by atoms with Crippen molar-refractivity contribution in [2.24, 2.45) is 12.5 Å². The third-order valence-corrected chi connectivity index (χ3v) is 3.68. The second-order valence-electron chi connectivity index (χ2n) is 5.19. The quantitative estimate of drug-likeness (QED) is 0.825. The number of carbonyl (C=O) groups excluding carboxylic acids is 1. The second kappa shape index (κ2) is 4.69. The zero-order valence-corrected chi connectivity index (χ0v) is 11.4. The minimum absolute atomic E-state index is 0.386. The number of hydrogen-bond donors (Lipinski definition) is 2. The summed E-state index contributed by atoms with van der Waals surface area (Å²) in [7, 11) is 1.82. The van der Waals surface area contributed by atoms with Crippen LogP contribution in [0.15, 0.2) is 30.6 Å². The molecule has 108 valence electrons. The Hall–Kier alpha value is -2.70. The third-order valence-electron chi connectivity index (χ3n) is 3.68. The van der Waals surface area contributed by atoms with Crippen molar-refractivity contribution >= 4 is 17.6 Å². The maximum atomic E-state index is 12.1. The van der Waals surface area contributed by atoms with Gasteiger partial charge < -0.3 is 15.0 Å². The van der Waals surface area contributed by atoms with Gasteiger partial charge in [0.1, 0.15) is 11.7 Å². The van der Waals surface area contributed by atoms with Crippen molar-refractivity contribution in [1.29, 1.82) is 0 Å². The molecule has 0 aliphatic heterocycles.